The number of amides is 2. The zero-order valence-electron chi connectivity index (χ0n) is 21.8. The van der Waals surface area contributed by atoms with Crippen molar-refractivity contribution >= 4 is 18.0 Å². The third-order valence-electron chi connectivity index (χ3n) is 6.68. The molecule has 0 saturated carbocycles. The van der Waals surface area contributed by atoms with Crippen molar-refractivity contribution in [1.29, 1.82) is 0 Å². The van der Waals surface area contributed by atoms with E-state index in [1.54, 1.807) is 12.1 Å². The molecule has 1 aliphatic rings. The highest BCUT2D eigenvalue weighted by Crippen LogP contribution is 2.27. The molecule has 1 saturated heterocycles. The van der Waals surface area contributed by atoms with Crippen LogP contribution in [0.25, 0.3) is 0 Å². The highest BCUT2D eigenvalue weighted by atomic mass is 16.6. The van der Waals surface area contributed by atoms with Gasteiger partial charge in [-0.05, 0) is 48.1 Å². The highest BCUT2D eigenvalue weighted by Gasteiger charge is 2.40. The second kappa shape index (κ2) is 12.9. The quantitative estimate of drug-likeness (QED) is 0.309. The number of hydrogen-bond acceptors (Lipinski definition) is 6. The topological polar surface area (TPSA) is 82.1 Å². The van der Waals surface area contributed by atoms with Gasteiger partial charge in [0.15, 0.2) is 0 Å². The van der Waals surface area contributed by atoms with Crippen LogP contribution < -0.4 is 4.74 Å². The van der Waals surface area contributed by atoms with Crippen molar-refractivity contribution < 1.29 is 28.6 Å². The maximum absolute atomic E-state index is 13.7. The number of esters is 1. The minimum Gasteiger partial charge on any atom is -0.496 e. The van der Waals surface area contributed by atoms with E-state index in [1.807, 2.05) is 73.7 Å². The van der Waals surface area contributed by atoms with E-state index < -0.39 is 18.0 Å². The lowest BCUT2D eigenvalue weighted by Gasteiger charge is -2.25. The van der Waals surface area contributed by atoms with Crippen LogP contribution in [0.2, 0.25) is 0 Å². The summed E-state index contributed by atoms with van der Waals surface area (Å²) in [5.74, 6) is -0.794. The Balaban J connectivity index is 1.50. The van der Waals surface area contributed by atoms with Gasteiger partial charge in [0, 0.05) is 5.92 Å². The first-order chi connectivity index (χ1) is 18.5. The van der Waals surface area contributed by atoms with Crippen molar-refractivity contribution in [2.45, 2.75) is 45.3 Å². The maximum Gasteiger partial charge on any atom is 0.416 e. The smallest absolute Gasteiger partial charge is 0.416 e. The normalized spacial score (nSPS) is 15.6. The van der Waals surface area contributed by atoms with E-state index in [1.165, 1.54) is 12.0 Å². The molecule has 1 unspecified atom stereocenters. The number of hydrogen-bond donors (Lipinski definition) is 0. The highest BCUT2D eigenvalue weighted by molar-refractivity contribution is 5.95. The molecule has 1 aliphatic heterocycles. The van der Waals surface area contributed by atoms with Crippen LogP contribution in [0.1, 0.15) is 46.8 Å². The fourth-order valence-electron chi connectivity index (χ4n) is 4.75. The molecule has 1 heterocycles. The molecule has 1 fully saturated rings. The Morgan fingerprint density at radius 2 is 1.66 bits per heavy atom. The summed E-state index contributed by atoms with van der Waals surface area (Å²) in [4.78, 5) is 40.5. The van der Waals surface area contributed by atoms with Gasteiger partial charge in [0.05, 0.1) is 13.2 Å². The summed E-state index contributed by atoms with van der Waals surface area (Å²) in [6.07, 6.45) is 1.68. The van der Waals surface area contributed by atoms with Gasteiger partial charge >= 0.3 is 12.1 Å². The number of imide groups is 1. The van der Waals surface area contributed by atoms with Gasteiger partial charge in [0.1, 0.15) is 24.5 Å². The van der Waals surface area contributed by atoms with Crippen molar-refractivity contribution in [1.82, 2.24) is 4.90 Å². The second-order valence-corrected chi connectivity index (χ2v) is 9.41. The zero-order valence-corrected chi connectivity index (χ0v) is 21.8. The number of methoxy groups -OCH3 is 1. The molecule has 38 heavy (non-hydrogen) atoms. The summed E-state index contributed by atoms with van der Waals surface area (Å²) in [5, 5.41) is 0. The first-order valence-electron chi connectivity index (χ1n) is 12.9. The van der Waals surface area contributed by atoms with Crippen LogP contribution in [0.4, 0.5) is 4.79 Å². The third kappa shape index (κ3) is 6.59. The van der Waals surface area contributed by atoms with Gasteiger partial charge < -0.3 is 14.2 Å². The van der Waals surface area contributed by atoms with Gasteiger partial charge in [-0.1, -0.05) is 80.1 Å². The molecular weight excluding hydrogens is 482 g/mol. The number of carbonyl (C=O) groups excluding carboxylic acids is 3. The second-order valence-electron chi connectivity index (χ2n) is 9.41. The molecule has 0 bridgehead atoms. The Hall–Kier alpha value is -4.13. The number of nitrogens with zero attached hydrogens (tertiary/aromatic N) is 1. The van der Waals surface area contributed by atoms with E-state index in [0.29, 0.717) is 30.6 Å². The van der Waals surface area contributed by atoms with Gasteiger partial charge in [-0.3, -0.25) is 4.79 Å². The first-order valence-corrected chi connectivity index (χ1v) is 12.9. The summed E-state index contributed by atoms with van der Waals surface area (Å²) in [5.41, 5.74) is 3.00. The molecule has 0 N–H and O–H groups in total. The minimum absolute atomic E-state index is 0.143. The molecule has 0 aliphatic carbocycles. The summed E-state index contributed by atoms with van der Waals surface area (Å²) >= 11 is 0. The third-order valence-corrected chi connectivity index (χ3v) is 6.68. The maximum atomic E-state index is 13.7. The van der Waals surface area contributed by atoms with E-state index in [0.717, 1.165) is 23.1 Å². The molecule has 0 radical (unpaired) electrons. The molecule has 7 heteroatoms. The lowest BCUT2D eigenvalue weighted by Crippen LogP contribution is -2.44. The molecule has 2 atom stereocenters. The van der Waals surface area contributed by atoms with E-state index in [-0.39, 0.29) is 25.2 Å². The fourth-order valence-corrected chi connectivity index (χ4v) is 4.75. The van der Waals surface area contributed by atoms with Crippen molar-refractivity contribution in [3.8, 4) is 5.75 Å². The lowest BCUT2D eigenvalue weighted by atomic mass is 9.92. The Labute approximate surface area is 223 Å². The Morgan fingerprint density at radius 1 is 0.974 bits per heavy atom. The standard InChI is InChI=1S/C31H33NO6/c1-3-10-25(29(33)32-26(21-38-31(32)35)18-22-11-6-4-7-12-22)17-24-15-16-28(36-2)27(19-24)30(34)37-20-23-13-8-5-9-14-23/h4-9,11-16,19,25-26H,3,10,17-18,20-21H2,1-2H3/t25-,26?/m0/s1. The van der Waals surface area contributed by atoms with E-state index in [4.69, 9.17) is 14.2 Å². The molecule has 7 nitrogen and oxygen atoms in total. The van der Waals surface area contributed by atoms with Gasteiger partial charge in [-0.15, -0.1) is 0 Å². The Morgan fingerprint density at radius 3 is 2.32 bits per heavy atom. The fraction of sp³-hybridized carbons (Fsp3) is 0.323. The van der Waals surface area contributed by atoms with Crippen LogP contribution in [0.15, 0.2) is 78.9 Å². The predicted octanol–water partition coefficient (Wildman–Crippen LogP) is 5.60. The Bertz CT molecular complexity index is 1240. The lowest BCUT2D eigenvalue weighted by molar-refractivity contribution is -0.133. The zero-order chi connectivity index (χ0) is 26.9. The van der Waals surface area contributed by atoms with Crippen LogP contribution in [0, 0.1) is 5.92 Å². The summed E-state index contributed by atoms with van der Waals surface area (Å²) in [7, 11) is 1.50. The van der Waals surface area contributed by atoms with E-state index in [9.17, 15) is 14.4 Å². The number of carbonyl (C=O) groups is 3. The van der Waals surface area contributed by atoms with Crippen LogP contribution in [-0.4, -0.2) is 42.6 Å². The summed E-state index contributed by atoms with van der Waals surface area (Å²) in [6.45, 7) is 2.33. The summed E-state index contributed by atoms with van der Waals surface area (Å²) < 4.78 is 16.2. The van der Waals surface area contributed by atoms with E-state index >= 15 is 0 Å². The van der Waals surface area contributed by atoms with E-state index in [2.05, 4.69) is 0 Å². The number of benzene rings is 3. The molecule has 3 aromatic carbocycles. The Kier molecular flexibility index (Phi) is 9.14. The van der Waals surface area contributed by atoms with Crippen molar-refractivity contribution in [2.24, 2.45) is 5.92 Å². The van der Waals surface area contributed by atoms with Crippen molar-refractivity contribution in [2.75, 3.05) is 13.7 Å². The summed E-state index contributed by atoms with van der Waals surface area (Å²) in [6, 6.07) is 24.1. The minimum atomic E-state index is -0.600. The number of ether oxygens (including phenoxy) is 3. The molecule has 198 valence electrons. The van der Waals surface area contributed by atoms with Crippen LogP contribution >= 0.6 is 0 Å². The molecular formula is C31H33NO6. The largest absolute Gasteiger partial charge is 0.496 e. The molecule has 4 rings (SSSR count). The van der Waals surface area contributed by atoms with Crippen LogP contribution in [0.5, 0.6) is 5.75 Å². The first kappa shape index (κ1) is 26.9. The average Bonchev–Trinajstić information content (AvgIpc) is 3.31. The van der Waals surface area contributed by atoms with Crippen molar-refractivity contribution in [3.05, 3.63) is 101 Å². The monoisotopic (exact) mass is 515 g/mol. The number of rotatable bonds is 11. The number of cyclic esters (lactones) is 1. The molecule has 2 amide bonds. The van der Waals surface area contributed by atoms with Crippen LogP contribution in [-0.2, 0) is 33.7 Å². The SMILES string of the molecule is CCC[C@@H](Cc1ccc(OC)c(C(=O)OCc2ccccc2)c1)C(=O)N1C(=O)OCC1Cc1ccccc1. The van der Waals surface area contributed by atoms with Gasteiger partial charge in [-0.2, -0.15) is 0 Å². The molecule has 0 spiro atoms. The van der Waals surface area contributed by atoms with Crippen LogP contribution in [0.3, 0.4) is 0 Å². The van der Waals surface area contributed by atoms with Gasteiger partial charge in [0.2, 0.25) is 5.91 Å². The predicted molar refractivity (Wildman–Crippen MR) is 143 cm³/mol. The van der Waals surface area contributed by atoms with Crippen molar-refractivity contribution in [3.63, 3.8) is 0 Å². The molecule has 0 aromatic heterocycles. The van der Waals surface area contributed by atoms with Gasteiger partial charge in [-0.25, -0.2) is 14.5 Å². The average molecular weight is 516 g/mol. The van der Waals surface area contributed by atoms with Gasteiger partial charge in [0.25, 0.3) is 0 Å². The molecule has 3 aromatic rings.